The Balaban J connectivity index is 2.47. The minimum Gasteiger partial charge on any atom is -0.468 e. The van der Waals surface area contributed by atoms with E-state index in [4.69, 9.17) is 17.3 Å². The molecule has 1 aromatic rings. The quantitative estimate of drug-likeness (QED) is 0.654. The van der Waals surface area contributed by atoms with Gasteiger partial charge in [-0.05, 0) is 17.7 Å². The molecule has 3 nitrogen and oxygen atoms in total. The van der Waals surface area contributed by atoms with Gasteiger partial charge in [0.25, 0.3) is 0 Å². The smallest absolute Gasteiger partial charge is 0.315 e. The summed E-state index contributed by atoms with van der Waals surface area (Å²) < 4.78 is 4.53. The monoisotopic (exact) mass is 245 g/mol. The summed E-state index contributed by atoms with van der Waals surface area (Å²) in [5, 5.41) is 0.620. The molecule has 82 valence electrons. The third-order valence-electron chi connectivity index (χ3n) is 1.81. The van der Waals surface area contributed by atoms with Gasteiger partial charge in [-0.25, -0.2) is 0 Å². The van der Waals surface area contributed by atoms with Gasteiger partial charge in [0.1, 0.15) is 0 Å². The van der Waals surface area contributed by atoms with Gasteiger partial charge in [0.05, 0.1) is 12.9 Å². The molecule has 0 fully saturated rings. The largest absolute Gasteiger partial charge is 0.468 e. The summed E-state index contributed by atoms with van der Waals surface area (Å²) in [7, 11) is 1.37. The standard InChI is InChI=1S/C10H12ClNO2S/c1-14-10(13)6-15-5-7-2-3-8(11)4-9(7)12/h2-4H,5-6,12H2,1H3. The van der Waals surface area contributed by atoms with Crippen molar-refractivity contribution in [1.29, 1.82) is 0 Å². The molecule has 15 heavy (non-hydrogen) atoms. The van der Waals surface area contributed by atoms with Crippen molar-refractivity contribution in [2.45, 2.75) is 5.75 Å². The number of thioether (sulfide) groups is 1. The molecule has 0 atom stereocenters. The zero-order valence-electron chi connectivity index (χ0n) is 8.33. The number of halogens is 1. The van der Waals surface area contributed by atoms with Crippen molar-refractivity contribution in [1.82, 2.24) is 0 Å². The summed E-state index contributed by atoms with van der Waals surface area (Å²) in [6.07, 6.45) is 0. The number of carbonyl (C=O) groups excluding carboxylic acids is 1. The number of ether oxygens (including phenoxy) is 1. The van der Waals surface area contributed by atoms with Crippen molar-refractivity contribution in [2.75, 3.05) is 18.6 Å². The van der Waals surface area contributed by atoms with E-state index in [2.05, 4.69) is 4.74 Å². The second-order valence-electron chi connectivity index (χ2n) is 2.91. The Kier molecular flexibility index (Phi) is 4.78. The van der Waals surface area contributed by atoms with Gasteiger partial charge >= 0.3 is 5.97 Å². The van der Waals surface area contributed by atoms with Crippen LogP contribution in [0.2, 0.25) is 5.02 Å². The average molecular weight is 246 g/mol. The van der Waals surface area contributed by atoms with Crippen molar-refractivity contribution < 1.29 is 9.53 Å². The van der Waals surface area contributed by atoms with Crippen LogP contribution in [-0.4, -0.2) is 18.8 Å². The summed E-state index contributed by atoms with van der Waals surface area (Å²) in [5.41, 5.74) is 7.39. The minimum absolute atomic E-state index is 0.229. The fraction of sp³-hybridized carbons (Fsp3) is 0.300. The van der Waals surface area contributed by atoms with Gasteiger partial charge in [-0.2, -0.15) is 0 Å². The normalized spacial score (nSPS) is 10.0. The van der Waals surface area contributed by atoms with E-state index < -0.39 is 0 Å². The predicted molar refractivity (Wildman–Crippen MR) is 64.0 cm³/mol. The van der Waals surface area contributed by atoms with Crippen LogP contribution in [0.3, 0.4) is 0 Å². The Morgan fingerprint density at radius 1 is 1.60 bits per heavy atom. The number of benzene rings is 1. The van der Waals surface area contributed by atoms with E-state index in [1.54, 1.807) is 12.1 Å². The number of nitrogens with two attached hydrogens (primary N) is 1. The van der Waals surface area contributed by atoms with Gasteiger partial charge in [-0.1, -0.05) is 17.7 Å². The molecule has 2 N–H and O–H groups in total. The lowest BCUT2D eigenvalue weighted by atomic mass is 10.2. The molecule has 0 saturated carbocycles. The molecule has 5 heteroatoms. The van der Waals surface area contributed by atoms with Crippen molar-refractivity contribution in [2.24, 2.45) is 0 Å². The second-order valence-corrected chi connectivity index (χ2v) is 4.33. The van der Waals surface area contributed by atoms with Crippen LogP contribution in [0.4, 0.5) is 5.69 Å². The predicted octanol–water partition coefficient (Wildman–Crippen LogP) is 2.33. The van der Waals surface area contributed by atoms with Crippen LogP contribution in [0.1, 0.15) is 5.56 Å². The molecule has 0 aromatic heterocycles. The molecule has 0 saturated heterocycles. The molecule has 0 aliphatic heterocycles. The lowest BCUT2D eigenvalue weighted by molar-refractivity contribution is -0.137. The Morgan fingerprint density at radius 3 is 2.93 bits per heavy atom. The Morgan fingerprint density at radius 2 is 2.33 bits per heavy atom. The summed E-state index contributed by atoms with van der Waals surface area (Å²) in [6, 6.07) is 5.35. The molecule has 0 spiro atoms. The third-order valence-corrected chi connectivity index (χ3v) is 3.00. The number of nitrogen functional groups attached to an aromatic ring is 1. The van der Waals surface area contributed by atoms with Crippen LogP contribution >= 0.6 is 23.4 Å². The topological polar surface area (TPSA) is 52.3 Å². The molecule has 0 aliphatic carbocycles. The average Bonchev–Trinajstić information content (AvgIpc) is 2.21. The zero-order valence-corrected chi connectivity index (χ0v) is 9.90. The highest BCUT2D eigenvalue weighted by molar-refractivity contribution is 7.99. The van der Waals surface area contributed by atoms with Crippen molar-refractivity contribution in [3.8, 4) is 0 Å². The number of methoxy groups -OCH3 is 1. The van der Waals surface area contributed by atoms with Crippen molar-refractivity contribution >= 4 is 35.0 Å². The van der Waals surface area contributed by atoms with Crippen molar-refractivity contribution in [3.05, 3.63) is 28.8 Å². The zero-order chi connectivity index (χ0) is 11.3. The van der Waals surface area contributed by atoms with E-state index >= 15 is 0 Å². The maximum absolute atomic E-state index is 10.8. The van der Waals surface area contributed by atoms with Gasteiger partial charge in [-0.3, -0.25) is 4.79 Å². The van der Waals surface area contributed by atoms with Crippen LogP contribution < -0.4 is 5.73 Å². The Labute approximate surface area is 97.9 Å². The summed E-state index contributed by atoms with van der Waals surface area (Å²) in [5.74, 6) is 0.781. The molecule has 0 amide bonds. The van der Waals surface area contributed by atoms with Gasteiger partial charge in [0.2, 0.25) is 0 Å². The molecule has 1 rings (SSSR count). The number of anilines is 1. The first kappa shape index (κ1) is 12.2. The van der Waals surface area contributed by atoms with Crippen LogP contribution in [0.25, 0.3) is 0 Å². The molecule has 0 heterocycles. The van der Waals surface area contributed by atoms with E-state index in [1.807, 2.05) is 6.07 Å². The number of hydrogen-bond acceptors (Lipinski definition) is 4. The molecule has 0 aliphatic rings. The SMILES string of the molecule is COC(=O)CSCc1ccc(Cl)cc1N. The Hall–Kier alpha value is -0.870. The summed E-state index contributed by atoms with van der Waals surface area (Å²) >= 11 is 7.22. The van der Waals surface area contributed by atoms with Gasteiger partial charge in [0.15, 0.2) is 0 Å². The summed E-state index contributed by atoms with van der Waals surface area (Å²) in [4.78, 5) is 10.8. The highest BCUT2D eigenvalue weighted by Gasteiger charge is 2.03. The van der Waals surface area contributed by atoms with E-state index in [9.17, 15) is 4.79 Å². The van der Waals surface area contributed by atoms with E-state index in [0.717, 1.165) is 5.56 Å². The van der Waals surface area contributed by atoms with Gasteiger partial charge in [0, 0.05) is 16.5 Å². The maximum Gasteiger partial charge on any atom is 0.315 e. The molecular formula is C10H12ClNO2S. The fourth-order valence-electron chi connectivity index (χ4n) is 1.00. The van der Waals surface area contributed by atoms with E-state index in [1.165, 1.54) is 18.9 Å². The van der Waals surface area contributed by atoms with Gasteiger partial charge in [-0.15, -0.1) is 11.8 Å². The van der Waals surface area contributed by atoms with Crippen LogP contribution in [0, 0.1) is 0 Å². The molecule has 0 unspecified atom stereocenters. The number of esters is 1. The lowest BCUT2D eigenvalue weighted by Gasteiger charge is -2.05. The first-order valence-electron chi connectivity index (χ1n) is 4.32. The van der Waals surface area contributed by atoms with Crippen LogP contribution in [0.5, 0.6) is 0 Å². The second kappa shape index (κ2) is 5.88. The van der Waals surface area contributed by atoms with Crippen LogP contribution in [-0.2, 0) is 15.3 Å². The number of rotatable bonds is 4. The lowest BCUT2D eigenvalue weighted by Crippen LogP contribution is -2.03. The van der Waals surface area contributed by atoms with E-state index in [-0.39, 0.29) is 5.97 Å². The number of carbonyl (C=O) groups is 1. The minimum atomic E-state index is -0.229. The number of hydrogen-bond donors (Lipinski definition) is 1. The van der Waals surface area contributed by atoms with Crippen LogP contribution in [0.15, 0.2) is 18.2 Å². The molecular weight excluding hydrogens is 234 g/mol. The maximum atomic E-state index is 10.8. The molecule has 0 bridgehead atoms. The first-order chi connectivity index (χ1) is 7.13. The Bertz CT molecular complexity index is 357. The van der Waals surface area contributed by atoms with E-state index in [0.29, 0.717) is 22.2 Å². The fourth-order valence-corrected chi connectivity index (χ4v) is 2.05. The highest BCUT2D eigenvalue weighted by atomic mass is 35.5. The highest BCUT2D eigenvalue weighted by Crippen LogP contribution is 2.22. The summed E-state index contributed by atoms with van der Waals surface area (Å²) in [6.45, 7) is 0. The first-order valence-corrected chi connectivity index (χ1v) is 5.85. The molecule has 1 aromatic carbocycles. The van der Waals surface area contributed by atoms with Gasteiger partial charge < -0.3 is 10.5 Å². The third kappa shape index (κ3) is 4.01. The molecule has 0 radical (unpaired) electrons. The van der Waals surface area contributed by atoms with Crippen molar-refractivity contribution in [3.63, 3.8) is 0 Å².